The minimum absolute atomic E-state index is 0.0171. The number of benzene rings is 1. The maximum atomic E-state index is 12.0. The van der Waals surface area contributed by atoms with Gasteiger partial charge in [-0.1, -0.05) is 13.0 Å². The SMILES string of the molecule is CCNCc1ccc(OCCSC(F)(F)F)c(OCC)c1. The van der Waals surface area contributed by atoms with E-state index in [2.05, 4.69) is 5.32 Å². The van der Waals surface area contributed by atoms with Gasteiger partial charge in [0.1, 0.15) is 0 Å². The summed E-state index contributed by atoms with van der Waals surface area (Å²) in [4.78, 5) is 0. The minimum Gasteiger partial charge on any atom is -0.490 e. The second-order valence-electron chi connectivity index (χ2n) is 4.14. The fourth-order valence-corrected chi connectivity index (χ4v) is 2.03. The van der Waals surface area contributed by atoms with Gasteiger partial charge in [-0.3, -0.25) is 0 Å². The molecule has 0 spiro atoms. The van der Waals surface area contributed by atoms with Crippen molar-refractivity contribution in [1.82, 2.24) is 5.32 Å². The highest BCUT2D eigenvalue weighted by Crippen LogP contribution is 2.31. The number of nitrogens with one attached hydrogen (secondary N) is 1. The van der Waals surface area contributed by atoms with Gasteiger partial charge in [-0.15, -0.1) is 0 Å². The molecular formula is C14H20F3NO2S. The van der Waals surface area contributed by atoms with Crippen LogP contribution < -0.4 is 14.8 Å². The zero-order valence-electron chi connectivity index (χ0n) is 12.1. The van der Waals surface area contributed by atoms with E-state index in [1.807, 2.05) is 26.0 Å². The highest BCUT2D eigenvalue weighted by Gasteiger charge is 2.27. The predicted octanol–water partition coefficient (Wildman–Crippen LogP) is 3.83. The average Bonchev–Trinajstić information content (AvgIpc) is 2.42. The fraction of sp³-hybridized carbons (Fsp3) is 0.571. The van der Waals surface area contributed by atoms with Crippen LogP contribution in [0.1, 0.15) is 19.4 Å². The lowest BCUT2D eigenvalue weighted by molar-refractivity contribution is -0.0329. The van der Waals surface area contributed by atoms with Gasteiger partial charge < -0.3 is 14.8 Å². The maximum Gasteiger partial charge on any atom is 0.441 e. The van der Waals surface area contributed by atoms with Crippen LogP contribution >= 0.6 is 11.8 Å². The quantitative estimate of drug-likeness (QED) is 0.700. The molecule has 0 aromatic heterocycles. The zero-order chi connectivity index (χ0) is 15.7. The molecule has 0 amide bonds. The van der Waals surface area contributed by atoms with Crippen molar-refractivity contribution >= 4 is 11.8 Å². The largest absolute Gasteiger partial charge is 0.490 e. The van der Waals surface area contributed by atoms with Crippen molar-refractivity contribution < 1.29 is 22.6 Å². The van der Waals surface area contributed by atoms with Crippen LogP contribution in [-0.2, 0) is 6.54 Å². The Bertz CT molecular complexity index is 427. The third kappa shape index (κ3) is 7.47. The Labute approximate surface area is 127 Å². The van der Waals surface area contributed by atoms with Crippen LogP contribution in [0.15, 0.2) is 18.2 Å². The summed E-state index contributed by atoms with van der Waals surface area (Å²) >= 11 is -0.0895. The lowest BCUT2D eigenvalue weighted by Crippen LogP contribution is -2.12. The van der Waals surface area contributed by atoms with E-state index in [9.17, 15) is 13.2 Å². The second kappa shape index (κ2) is 9.04. The molecule has 0 saturated carbocycles. The zero-order valence-corrected chi connectivity index (χ0v) is 12.9. The predicted molar refractivity (Wildman–Crippen MR) is 79.0 cm³/mol. The second-order valence-corrected chi connectivity index (χ2v) is 5.30. The maximum absolute atomic E-state index is 12.0. The molecule has 1 rings (SSSR count). The van der Waals surface area contributed by atoms with Gasteiger partial charge in [0.2, 0.25) is 0 Å². The third-order valence-corrected chi connectivity index (χ3v) is 3.19. The highest BCUT2D eigenvalue weighted by atomic mass is 32.2. The minimum atomic E-state index is -4.22. The van der Waals surface area contributed by atoms with E-state index in [-0.39, 0.29) is 24.1 Å². The fourth-order valence-electron chi connectivity index (χ4n) is 1.63. The topological polar surface area (TPSA) is 30.5 Å². The van der Waals surface area contributed by atoms with Crippen molar-refractivity contribution in [1.29, 1.82) is 0 Å². The molecule has 0 aliphatic rings. The van der Waals surface area contributed by atoms with E-state index in [4.69, 9.17) is 9.47 Å². The van der Waals surface area contributed by atoms with Gasteiger partial charge in [0.05, 0.1) is 13.2 Å². The van der Waals surface area contributed by atoms with Crippen LogP contribution in [0, 0.1) is 0 Å². The summed E-state index contributed by atoms with van der Waals surface area (Å²) in [6.45, 7) is 5.88. The summed E-state index contributed by atoms with van der Waals surface area (Å²) in [5.41, 5.74) is -3.18. The lowest BCUT2D eigenvalue weighted by atomic mass is 10.2. The molecule has 0 atom stereocenters. The molecule has 120 valence electrons. The average molecular weight is 323 g/mol. The summed E-state index contributed by atoms with van der Waals surface area (Å²) in [5, 5.41) is 3.20. The molecule has 0 saturated heterocycles. The van der Waals surface area contributed by atoms with E-state index in [0.29, 0.717) is 24.7 Å². The number of halogens is 3. The monoisotopic (exact) mass is 323 g/mol. The Balaban J connectivity index is 2.59. The first-order chi connectivity index (χ1) is 9.96. The number of ether oxygens (including phenoxy) is 2. The van der Waals surface area contributed by atoms with Gasteiger partial charge >= 0.3 is 5.51 Å². The van der Waals surface area contributed by atoms with Crippen LogP contribution in [-0.4, -0.2) is 31.0 Å². The summed E-state index contributed by atoms with van der Waals surface area (Å²) < 4.78 is 46.9. The number of alkyl halides is 3. The third-order valence-electron chi connectivity index (χ3n) is 2.49. The normalized spacial score (nSPS) is 11.5. The summed E-state index contributed by atoms with van der Waals surface area (Å²) in [6.07, 6.45) is 0. The molecule has 3 nitrogen and oxygen atoms in total. The molecule has 0 fully saturated rings. The molecule has 1 aromatic carbocycles. The molecule has 0 heterocycles. The van der Waals surface area contributed by atoms with E-state index in [1.54, 1.807) is 6.07 Å². The lowest BCUT2D eigenvalue weighted by Gasteiger charge is -2.14. The number of rotatable bonds is 9. The van der Waals surface area contributed by atoms with Crippen LogP contribution in [0.2, 0.25) is 0 Å². The Hall–Kier alpha value is -1.08. The molecule has 0 radical (unpaired) electrons. The molecule has 0 bridgehead atoms. The molecule has 0 unspecified atom stereocenters. The Morgan fingerprint density at radius 2 is 1.90 bits per heavy atom. The Morgan fingerprint density at radius 3 is 2.52 bits per heavy atom. The van der Waals surface area contributed by atoms with E-state index >= 15 is 0 Å². The molecular weight excluding hydrogens is 303 g/mol. The first-order valence-electron chi connectivity index (χ1n) is 6.76. The summed E-state index contributed by atoms with van der Waals surface area (Å²) in [7, 11) is 0. The molecule has 21 heavy (non-hydrogen) atoms. The standard InChI is InChI=1S/C14H20F3NO2S/c1-3-18-10-11-5-6-12(13(9-11)19-4-2)20-7-8-21-14(15,16)17/h5-6,9,18H,3-4,7-8,10H2,1-2H3. The van der Waals surface area contributed by atoms with Crippen LogP contribution in [0.4, 0.5) is 13.2 Å². The van der Waals surface area contributed by atoms with Crippen LogP contribution in [0.25, 0.3) is 0 Å². The summed E-state index contributed by atoms with van der Waals surface area (Å²) in [5.74, 6) is 0.888. The Morgan fingerprint density at radius 1 is 1.14 bits per heavy atom. The number of thioether (sulfide) groups is 1. The number of hydrogen-bond acceptors (Lipinski definition) is 4. The molecule has 0 aliphatic carbocycles. The van der Waals surface area contributed by atoms with Gasteiger partial charge in [-0.05, 0) is 42.9 Å². The first kappa shape index (κ1) is 18.0. The van der Waals surface area contributed by atoms with Crippen molar-refractivity contribution in [3.8, 4) is 11.5 Å². The first-order valence-corrected chi connectivity index (χ1v) is 7.74. The van der Waals surface area contributed by atoms with Crippen LogP contribution in [0.3, 0.4) is 0 Å². The van der Waals surface area contributed by atoms with Gasteiger partial charge in [0.25, 0.3) is 0 Å². The smallest absolute Gasteiger partial charge is 0.441 e. The van der Waals surface area contributed by atoms with Crippen molar-refractivity contribution in [3.05, 3.63) is 23.8 Å². The van der Waals surface area contributed by atoms with Crippen molar-refractivity contribution in [2.24, 2.45) is 0 Å². The van der Waals surface area contributed by atoms with Crippen molar-refractivity contribution in [2.45, 2.75) is 25.9 Å². The van der Waals surface area contributed by atoms with Gasteiger partial charge in [-0.2, -0.15) is 13.2 Å². The highest BCUT2D eigenvalue weighted by molar-refractivity contribution is 8.00. The van der Waals surface area contributed by atoms with Crippen LogP contribution in [0.5, 0.6) is 11.5 Å². The van der Waals surface area contributed by atoms with E-state index in [1.165, 1.54) is 0 Å². The molecule has 1 N–H and O–H groups in total. The van der Waals surface area contributed by atoms with E-state index in [0.717, 1.165) is 12.1 Å². The molecule has 1 aromatic rings. The Kier molecular flexibility index (Phi) is 7.74. The molecule has 0 aliphatic heterocycles. The van der Waals surface area contributed by atoms with Gasteiger partial charge in [0, 0.05) is 12.3 Å². The van der Waals surface area contributed by atoms with Gasteiger partial charge in [0.15, 0.2) is 11.5 Å². The van der Waals surface area contributed by atoms with Gasteiger partial charge in [-0.25, -0.2) is 0 Å². The summed E-state index contributed by atoms with van der Waals surface area (Å²) in [6, 6.07) is 5.45. The van der Waals surface area contributed by atoms with E-state index < -0.39 is 5.51 Å². The number of hydrogen-bond donors (Lipinski definition) is 1. The molecule has 7 heteroatoms. The van der Waals surface area contributed by atoms with Crippen molar-refractivity contribution in [3.63, 3.8) is 0 Å². The van der Waals surface area contributed by atoms with Crippen molar-refractivity contribution in [2.75, 3.05) is 25.5 Å².